The lowest BCUT2D eigenvalue weighted by molar-refractivity contribution is 0.0636. The minimum absolute atomic E-state index is 0.364. The molecule has 1 aromatic rings. The van der Waals surface area contributed by atoms with E-state index < -0.39 is 5.60 Å². The first-order valence-corrected chi connectivity index (χ1v) is 6.85. The Hall–Kier alpha value is -1.03. The van der Waals surface area contributed by atoms with Crippen molar-refractivity contribution in [1.29, 1.82) is 0 Å². The van der Waals surface area contributed by atoms with Crippen molar-refractivity contribution in [1.82, 2.24) is 0 Å². The molecule has 0 aromatic carbocycles. The Morgan fingerprint density at radius 2 is 2.24 bits per heavy atom. The van der Waals surface area contributed by atoms with Gasteiger partial charge in [0.1, 0.15) is 5.60 Å². The molecule has 0 saturated heterocycles. The van der Waals surface area contributed by atoms with Crippen molar-refractivity contribution in [2.24, 2.45) is 0 Å². The highest BCUT2D eigenvalue weighted by Gasteiger charge is 2.25. The van der Waals surface area contributed by atoms with Gasteiger partial charge in [-0.15, -0.1) is 11.3 Å². The van der Waals surface area contributed by atoms with E-state index in [1.54, 1.807) is 11.3 Å². The number of nitrogens with one attached hydrogen (secondary N) is 1. The van der Waals surface area contributed by atoms with E-state index >= 15 is 0 Å². The van der Waals surface area contributed by atoms with Crippen molar-refractivity contribution in [2.45, 2.75) is 52.1 Å². The van der Waals surface area contributed by atoms with Crippen LogP contribution in [0.5, 0.6) is 0 Å². The van der Waals surface area contributed by atoms with E-state index in [9.17, 15) is 4.79 Å². The zero-order valence-corrected chi connectivity index (χ0v) is 11.6. The van der Waals surface area contributed by atoms with Crippen LogP contribution in [0.1, 0.15) is 50.5 Å². The number of anilines is 1. The Labute approximate surface area is 106 Å². The number of carbonyl (C=O) groups is 1. The van der Waals surface area contributed by atoms with Gasteiger partial charge in [-0.1, -0.05) is 6.92 Å². The topological polar surface area (TPSA) is 38.3 Å². The lowest BCUT2D eigenvalue weighted by atomic mass is 10.1. The van der Waals surface area contributed by atoms with Gasteiger partial charge in [-0.25, -0.2) is 4.79 Å². The lowest BCUT2D eigenvalue weighted by Gasteiger charge is -2.20. The fourth-order valence-electron chi connectivity index (χ4n) is 2.14. The molecule has 17 heavy (non-hydrogen) atoms. The average molecular weight is 253 g/mol. The molecule has 0 fully saturated rings. The molecule has 4 heteroatoms. The van der Waals surface area contributed by atoms with Gasteiger partial charge in [0.15, 0.2) is 0 Å². The van der Waals surface area contributed by atoms with Crippen LogP contribution in [0.2, 0.25) is 0 Å². The van der Waals surface area contributed by atoms with Crippen LogP contribution in [0.3, 0.4) is 0 Å². The molecule has 0 spiro atoms. The number of aryl methyl sites for hydroxylation is 1. The molecule has 0 radical (unpaired) electrons. The summed E-state index contributed by atoms with van der Waals surface area (Å²) in [6.45, 7) is 7.81. The third kappa shape index (κ3) is 2.80. The second-order valence-electron chi connectivity index (χ2n) is 5.55. The number of carbonyl (C=O) groups excluding carboxylic acids is 1. The molecule has 0 aliphatic heterocycles. The van der Waals surface area contributed by atoms with Crippen LogP contribution in [0.15, 0.2) is 5.38 Å². The fourth-order valence-corrected chi connectivity index (χ4v) is 3.26. The van der Waals surface area contributed by atoms with Crippen LogP contribution >= 0.6 is 11.3 Å². The van der Waals surface area contributed by atoms with Gasteiger partial charge in [-0.2, -0.15) is 0 Å². The number of amides is 1. The van der Waals surface area contributed by atoms with Crippen molar-refractivity contribution >= 4 is 23.1 Å². The van der Waals surface area contributed by atoms with Crippen molar-refractivity contribution in [3.8, 4) is 0 Å². The van der Waals surface area contributed by atoms with Crippen molar-refractivity contribution < 1.29 is 9.53 Å². The molecule has 1 aromatic heterocycles. The third-order valence-corrected chi connectivity index (χ3v) is 3.90. The molecule has 1 amide bonds. The molecule has 1 heterocycles. The molecule has 1 unspecified atom stereocenters. The lowest BCUT2D eigenvalue weighted by Crippen LogP contribution is -2.27. The maximum absolute atomic E-state index is 11.7. The Kier molecular flexibility index (Phi) is 3.17. The predicted molar refractivity (Wildman–Crippen MR) is 70.9 cm³/mol. The number of fused-ring (bicyclic) bond motifs is 1. The molecular weight excluding hydrogens is 234 g/mol. The zero-order chi connectivity index (χ0) is 12.6. The van der Waals surface area contributed by atoms with Crippen LogP contribution in [-0.4, -0.2) is 11.7 Å². The van der Waals surface area contributed by atoms with Gasteiger partial charge >= 0.3 is 6.09 Å². The standard InChI is InChI=1S/C13H19NO2S/c1-8-5-6-10-11(8)9(7-17-10)14-12(15)16-13(2,3)4/h7-8H,5-6H2,1-4H3,(H,14,15). The highest BCUT2D eigenvalue weighted by atomic mass is 32.1. The SMILES string of the molecule is CC1CCc2scc(NC(=O)OC(C)(C)C)c21. The van der Waals surface area contributed by atoms with Crippen molar-refractivity contribution in [3.63, 3.8) is 0 Å². The molecule has 2 rings (SSSR count). The summed E-state index contributed by atoms with van der Waals surface area (Å²) in [5.74, 6) is 0.543. The maximum atomic E-state index is 11.7. The second kappa shape index (κ2) is 4.33. The number of thiophene rings is 1. The van der Waals surface area contributed by atoms with Crippen LogP contribution in [-0.2, 0) is 11.2 Å². The number of hydrogen-bond acceptors (Lipinski definition) is 3. The smallest absolute Gasteiger partial charge is 0.412 e. The minimum atomic E-state index is -0.450. The molecule has 1 aliphatic rings. The summed E-state index contributed by atoms with van der Waals surface area (Å²) in [4.78, 5) is 13.1. The quantitative estimate of drug-likeness (QED) is 0.816. The maximum Gasteiger partial charge on any atom is 0.412 e. The summed E-state index contributed by atoms with van der Waals surface area (Å²) in [6, 6.07) is 0. The Morgan fingerprint density at radius 3 is 2.88 bits per heavy atom. The van der Waals surface area contributed by atoms with Gasteiger partial charge < -0.3 is 4.74 Å². The van der Waals surface area contributed by atoms with E-state index in [1.807, 2.05) is 26.2 Å². The molecular formula is C13H19NO2S. The van der Waals surface area contributed by atoms with Crippen LogP contribution in [0.25, 0.3) is 0 Å². The summed E-state index contributed by atoms with van der Waals surface area (Å²) in [5, 5.41) is 4.88. The van der Waals surface area contributed by atoms with Gasteiger partial charge in [0.05, 0.1) is 5.69 Å². The third-order valence-electron chi connectivity index (χ3n) is 2.84. The first-order valence-electron chi connectivity index (χ1n) is 5.97. The monoisotopic (exact) mass is 253 g/mol. The Morgan fingerprint density at radius 1 is 1.53 bits per heavy atom. The van der Waals surface area contributed by atoms with Gasteiger partial charge in [0.25, 0.3) is 0 Å². The Balaban J connectivity index is 2.08. The van der Waals surface area contributed by atoms with Gasteiger partial charge in [0, 0.05) is 10.3 Å². The largest absolute Gasteiger partial charge is 0.444 e. The van der Waals surface area contributed by atoms with Crippen LogP contribution in [0, 0.1) is 0 Å². The average Bonchev–Trinajstić information content (AvgIpc) is 2.68. The number of rotatable bonds is 1. The predicted octanol–water partition coefficient (Wildman–Crippen LogP) is 4.14. The molecule has 1 N–H and O–H groups in total. The van der Waals surface area contributed by atoms with Gasteiger partial charge in [0.2, 0.25) is 0 Å². The highest BCUT2D eigenvalue weighted by Crippen LogP contribution is 2.42. The fraction of sp³-hybridized carbons (Fsp3) is 0.615. The van der Waals surface area contributed by atoms with E-state index in [0.29, 0.717) is 5.92 Å². The van der Waals surface area contributed by atoms with E-state index in [2.05, 4.69) is 12.2 Å². The minimum Gasteiger partial charge on any atom is -0.444 e. The van der Waals surface area contributed by atoms with Gasteiger partial charge in [-0.3, -0.25) is 5.32 Å². The summed E-state index contributed by atoms with van der Waals surface area (Å²) in [6.07, 6.45) is 1.96. The molecule has 94 valence electrons. The Bertz CT molecular complexity index is 431. The van der Waals surface area contributed by atoms with Gasteiger partial charge in [-0.05, 0) is 45.1 Å². The first kappa shape index (κ1) is 12.4. The van der Waals surface area contributed by atoms with Crippen LogP contribution < -0.4 is 5.32 Å². The van der Waals surface area contributed by atoms with Crippen molar-refractivity contribution in [2.75, 3.05) is 5.32 Å². The number of hydrogen-bond donors (Lipinski definition) is 1. The van der Waals surface area contributed by atoms with E-state index in [4.69, 9.17) is 4.74 Å². The van der Waals surface area contributed by atoms with Crippen molar-refractivity contribution in [3.05, 3.63) is 15.8 Å². The summed E-state index contributed by atoms with van der Waals surface area (Å²) < 4.78 is 5.26. The molecule has 0 bridgehead atoms. The summed E-state index contributed by atoms with van der Waals surface area (Å²) in [5.41, 5.74) is 1.79. The van der Waals surface area contributed by atoms with Crippen LogP contribution in [0.4, 0.5) is 10.5 Å². The summed E-state index contributed by atoms with van der Waals surface area (Å²) in [7, 11) is 0. The number of ether oxygens (including phenoxy) is 1. The first-order chi connectivity index (χ1) is 7.87. The molecule has 1 atom stereocenters. The highest BCUT2D eigenvalue weighted by molar-refractivity contribution is 7.10. The summed E-state index contributed by atoms with van der Waals surface area (Å²) >= 11 is 1.73. The van der Waals surface area contributed by atoms with E-state index in [-0.39, 0.29) is 6.09 Å². The second-order valence-corrected chi connectivity index (χ2v) is 6.52. The molecule has 0 saturated carbocycles. The normalized spacial score (nSPS) is 18.9. The van der Waals surface area contributed by atoms with E-state index in [0.717, 1.165) is 12.1 Å². The zero-order valence-electron chi connectivity index (χ0n) is 10.8. The molecule has 1 aliphatic carbocycles. The van der Waals surface area contributed by atoms with E-state index in [1.165, 1.54) is 16.9 Å². The molecule has 3 nitrogen and oxygen atoms in total.